The van der Waals surface area contributed by atoms with Crippen molar-refractivity contribution in [1.82, 2.24) is 0 Å². The van der Waals surface area contributed by atoms with Crippen LogP contribution in [0.15, 0.2) is 48.5 Å². The van der Waals surface area contributed by atoms with Gasteiger partial charge in [-0.2, -0.15) is 43.9 Å². The van der Waals surface area contributed by atoms with Crippen molar-refractivity contribution in [3.05, 3.63) is 112 Å². The fourth-order valence-electron chi connectivity index (χ4n) is 4.32. The molecule has 0 unspecified atom stereocenters. The maximum atomic E-state index is 14.8. The molecule has 0 aromatic heterocycles. The SMILES string of the molecule is COc1ccc(-c2ccc(Oc3c(F)c(F)c(C(F)(F)C(F)(F)C(F)(F)C(F)(F)c4c(F)c(F)c(C)c(F)c4F)c(F)c3F)cc2)cc1. The Labute approximate surface area is 258 Å². The van der Waals surface area contributed by atoms with E-state index in [0.29, 0.717) is 16.9 Å². The van der Waals surface area contributed by atoms with Crippen LogP contribution in [-0.4, -0.2) is 19.0 Å². The van der Waals surface area contributed by atoms with Crippen molar-refractivity contribution >= 4 is 0 Å². The first kappa shape index (κ1) is 36.2. The first-order chi connectivity index (χ1) is 22.1. The lowest BCUT2D eigenvalue weighted by Crippen LogP contribution is -2.60. The second-order valence-corrected chi connectivity index (χ2v) is 9.87. The summed E-state index contributed by atoms with van der Waals surface area (Å²) in [5.41, 5.74) is -8.48. The summed E-state index contributed by atoms with van der Waals surface area (Å²) >= 11 is 0. The Morgan fingerprint density at radius 3 is 1.08 bits per heavy atom. The molecule has 0 aliphatic heterocycles. The van der Waals surface area contributed by atoms with E-state index < -0.39 is 98.4 Å². The zero-order valence-corrected chi connectivity index (χ0v) is 23.5. The number of benzene rings is 4. The lowest BCUT2D eigenvalue weighted by atomic mass is 9.88. The summed E-state index contributed by atoms with van der Waals surface area (Å²) in [6, 6.07) is 10.5. The van der Waals surface area contributed by atoms with E-state index in [1.807, 2.05) is 0 Å². The molecule has 0 radical (unpaired) electrons. The molecule has 0 aliphatic rings. The normalized spacial score (nSPS) is 12.8. The second kappa shape index (κ2) is 12.1. The molecule has 4 aromatic rings. The highest BCUT2D eigenvalue weighted by atomic mass is 19.4. The van der Waals surface area contributed by atoms with E-state index in [9.17, 15) is 70.2 Å². The van der Waals surface area contributed by atoms with E-state index in [1.165, 1.54) is 19.2 Å². The summed E-state index contributed by atoms with van der Waals surface area (Å²) in [6.07, 6.45) is 0. The Morgan fingerprint density at radius 2 is 0.750 bits per heavy atom. The summed E-state index contributed by atoms with van der Waals surface area (Å²) in [5.74, 6) is -58.5. The van der Waals surface area contributed by atoms with Gasteiger partial charge in [0, 0.05) is 5.56 Å². The molecule has 0 saturated heterocycles. The molecule has 2 nitrogen and oxygen atoms in total. The van der Waals surface area contributed by atoms with Gasteiger partial charge in [-0.25, -0.2) is 26.3 Å². The summed E-state index contributed by atoms with van der Waals surface area (Å²) in [4.78, 5) is 0. The van der Waals surface area contributed by atoms with Crippen molar-refractivity contribution in [3.63, 3.8) is 0 Å². The maximum Gasteiger partial charge on any atom is 0.383 e. The highest BCUT2D eigenvalue weighted by Gasteiger charge is 2.83. The molecule has 0 atom stereocenters. The van der Waals surface area contributed by atoms with Crippen LogP contribution in [0.25, 0.3) is 11.1 Å². The fourth-order valence-corrected chi connectivity index (χ4v) is 4.32. The van der Waals surface area contributed by atoms with Gasteiger partial charge in [0.1, 0.15) is 22.6 Å². The first-order valence-corrected chi connectivity index (χ1v) is 12.7. The van der Waals surface area contributed by atoms with Crippen molar-refractivity contribution in [3.8, 4) is 28.4 Å². The Kier molecular flexibility index (Phi) is 9.13. The van der Waals surface area contributed by atoms with E-state index in [0.717, 1.165) is 12.1 Å². The van der Waals surface area contributed by atoms with Crippen molar-refractivity contribution < 1.29 is 79.7 Å². The van der Waals surface area contributed by atoms with Crippen LogP contribution in [0.3, 0.4) is 0 Å². The molecule has 0 heterocycles. The standard InChI is InChI=1S/C30H14F16O2/c1-11-18(31)20(33)16(21(34)19(11)32)27(39,40)29(43,44)30(45,46)28(41,42)17-22(35)24(37)26(25(38)23(17)36)48-15-9-5-13(6-10-15)12-3-7-14(47-2)8-4-12/h3-10H,1-2H3. The summed E-state index contributed by atoms with van der Waals surface area (Å²) in [7, 11) is 1.39. The molecule has 0 bridgehead atoms. The van der Waals surface area contributed by atoms with Gasteiger partial charge in [-0.05, 0) is 42.3 Å². The molecule has 0 aliphatic carbocycles. The lowest BCUT2D eigenvalue weighted by molar-refractivity contribution is -0.376. The molecular weight excluding hydrogens is 696 g/mol. The van der Waals surface area contributed by atoms with Gasteiger partial charge < -0.3 is 9.47 Å². The Bertz CT molecular complexity index is 1810. The molecule has 48 heavy (non-hydrogen) atoms. The van der Waals surface area contributed by atoms with Gasteiger partial charge >= 0.3 is 23.7 Å². The number of alkyl halides is 8. The van der Waals surface area contributed by atoms with Gasteiger partial charge in [-0.3, -0.25) is 0 Å². The van der Waals surface area contributed by atoms with E-state index in [-0.39, 0.29) is 6.92 Å². The molecule has 0 fully saturated rings. The van der Waals surface area contributed by atoms with Gasteiger partial charge in [-0.1, -0.05) is 24.3 Å². The van der Waals surface area contributed by atoms with Crippen LogP contribution in [0.1, 0.15) is 16.7 Å². The smallest absolute Gasteiger partial charge is 0.383 e. The highest BCUT2D eigenvalue weighted by Crippen LogP contribution is 2.61. The first-order valence-electron chi connectivity index (χ1n) is 12.7. The van der Waals surface area contributed by atoms with Gasteiger partial charge in [0.25, 0.3) is 0 Å². The minimum Gasteiger partial charge on any atom is -0.497 e. The fraction of sp³-hybridized carbons (Fsp3) is 0.200. The predicted octanol–water partition coefficient (Wildman–Crippen LogP) is 10.7. The average Bonchev–Trinajstić information content (AvgIpc) is 3.04. The maximum absolute atomic E-state index is 14.8. The third-order valence-corrected chi connectivity index (χ3v) is 7.01. The van der Waals surface area contributed by atoms with Crippen molar-refractivity contribution in [2.45, 2.75) is 30.6 Å². The van der Waals surface area contributed by atoms with Crippen molar-refractivity contribution in [2.24, 2.45) is 0 Å². The third-order valence-electron chi connectivity index (χ3n) is 7.01. The molecule has 0 spiro atoms. The average molecular weight is 710 g/mol. The van der Waals surface area contributed by atoms with E-state index in [2.05, 4.69) is 4.74 Å². The summed E-state index contributed by atoms with van der Waals surface area (Å²) < 4.78 is 241. The molecule has 0 amide bonds. The van der Waals surface area contributed by atoms with Gasteiger partial charge in [0.05, 0.1) is 7.11 Å². The summed E-state index contributed by atoms with van der Waals surface area (Å²) in [6.45, 7) is 0.194. The molecule has 18 heteroatoms. The number of methoxy groups -OCH3 is 1. The number of hydrogen-bond acceptors (Lipinski definition) is 2. The van der Waals surface area contributed by atoms with Crippen LogP contribution in [-0.2, 0) is 11.8 Å². The summed E-state index contributed by atoms with van der Waals surface area (Å²) in [5, 5.41) is 0. The van der Waals surface area contributed by atoms with E-state index >= 15 is 0 Å². The predicted molar refractivity (Wildman–Crippen MR) is 133 cm³/mol. The zero-order chi connectivity index (χ0) is 36.3. The van der Waals surface area contributed by atoms with Crippen LogP contribution in [0.5, 0.6) is 17.2 Å². The van der Waals surface area contributed by atoms with Crippen LogP contribution in [0.4, 0.5) is 70.2 Å². The Hall–Kier alpha value is -4.64. The molecule has 4 aromatic carbocycles. The highest BCUT2D eigenvalue weighted by molar-refractivity contribution is 5.65. The van der Waals surface area contributed by atoms with Crippen molar-refractivity contribution in [2.75, 3.05) is 7.11 Å². The molecule has 258 valence electrons. The van der Waals surface area contributed by atoms with Crippen LogP contribution < -0.4 is 9.47 Å². The minimum absolute atomic E-state index is 0.194. The topological polar surface area (TPSA) is 18.5 Å². The quantitative estimate of drug-likeness (QED) is 0.127. The van der Waals surface area contributed by atoms with E-state index in [1.54, 1.807) is 24.3 Å². The van der Waals surface area contributed by atoms with Crippen LogP contribution in [0.2, 0.25) is 0 Å². The molecule has 0 saturated carbocycles. The molecule has 0 N–H and O–H groups in total. The zero-order valence-electron chi connectivity index (χ0n) is 23.5. The Morgan fingerprint density at radius 1 is 0.438 bits per heavy atom. The third kappa shape index (κ3) is 5.34. The number of halogens is 16. The molecule has 4 rings (SSSR count). The Balaban J connectivity index is 1.76. The van der Waals surface area contributed by atoms with Crippen LogP contribution in [0, 0.1) is 53.5 Å². The monoisotopic (exact) mass is 710 g/mol. The van der Waals surface area contributed by atoms with Crippen molar-refractivity contribution in [1.29, 1.82) is 0 Å². The van der Waals surface area contributed by atoms with Crippen LogP contribution >= 0.6 is 0 Å². The number of rotatable bonds is 9. The van der Waals surface area contributed by atoms with E-state index in [4.69, 9.17) is 4.74 Å². The molecular formula is C30H14F16O2. The minimum atomic E-state index is -7.90. The van der Waals surface area contributed by atoms with Gasteiger partial charge in [0.15, 0.2) is 34.9 Å². The lowest BCUT2D eigenvalue weighted by Gasteiger charge is -2.37. The van der Waals surface area contributed by atoms with Gasteiger partial charge in [0.2, 0.25) is 17.4 Å². The number of ether oxygens (including phenoxy) is 2. The van der Waals surface area contributed by atoms with Gasteiger partial charge in [-0.15, -0.1) is 0 Å². The number of hydrogen-bond donors (Lipinski definition) is 0. The largest absolute Gasteiger partial charge is 0.497 e. The second-order valence-electron chi connectivity index (χ2n) is 9.87.